The Kier molecular flexibility index (Phi) is 7.93. The standard InChI is InChI=1S/C16H26BrN3O/c1-4-12(5-2)10-20(6-3)11-14-8-7-13(9-15(14)17)16(21)19-18/h7-9,12H,4-6,10-11,18H2,1-3H3,(H,19,21). The molecule has 1 rings (SSSR count). The summed E-state index contributed by atoms with van der Waals surface area (Å²) >= 11 is 3.56. The van der Waals surface area contributed by atoms with Gasteiger partial charge >= 0.3 is 0 Å². The van der Waals surface area contributed by atoms with Crippen LogP contribution in [0.4, 0.5) is 0 Å². The first kappa shape index (κ1) is 18.1. The topological polar surface area (TPSA) is 58.4 Å². The van der Waals surface area contributed by atoms with Crippen molar-refractivity contribution >= 4 is 21.8 Å². The summed E-state index contributed by atoms with van der Waals surface area (Å²) in [6.07, 6.45) is 2.42. The monoisotopic (exact) mass is 355 g/mol. The molecule has 0 bridgehead atoms. The van der Waals surface area contributed by atoms with Gasteiger partial charge in [-0.05, 0) is 30.2 Å². The number of carbonyl (C=O) groups is 1. The molecule has 0 aliphatic carbocycles. The molecule has 1 aromatic rings. The zero-order chi connectivity index (χ0) is 15.8. The molecular formula is C16H26BrN3O. The van der Waals surface area contributed by atoms with E-state index < -0.39 is 0 Å². The minimum absolute atomic E-state index is 0.272. The highest BCUT2D eigenvalue weighted by atomic mass is 79.9. The molecule has 0 radical (unpaired) electrons. The zero-order valence-corrected chi connectivity index (χ0v) is 14.7. The normalized spacial score (nSPS) is 11.2. The maximum atomic E-state index is 11.5. The highest BCUT2D eigenvalue weighted by molar-refractivity contribution is 9.10. The Bertz CT molecular complexity index is 461. The number of rotatable bonds is 8. The van der Waals surface area contributed by atoms with E-state index in [1.165, 1.54) is 18.4 Å². The average Bonchev–Trinajstić information content (AvgIpc) is 2.51. The number of nitrogen functional groups attached to an aromatic ring is 1. The molecule has 118 valence electrons. The second-order valence-electron chi connectivity index (χ2n) is 5.29. The van der Waals surface area contributed by atoms with E-state index in [0.29, 0.717) is 5.56 Å². The van der Waals surface area contributed by atoms with E-state index in [9.17, 15) is 4.79 Å². The number of benzene rings is 1. The van der Waals surface area contributed by atoms with Crippen molar-refractivity contribution in [1.82, 2.24) is 10.3 Å². The number of nitrogens with one attached hydrogen (secondary N) is 1. The quantitative estimate of drug-likeness (QED) is 0.427. The minimum Gasteiger partial charge on any atom is -0.299 e. The minimum atomic E-state index is -0.272. The fraction of sp³-hybridized carbons (Fsp3) is 0.562. The predicted octanol–water partition coefficient (Wildman–Crippen LogP) is 3.31. The second kappa shape index (κ2) is 9.18. The Morgan fingerprint density at radius 3 is 2.48 bits per heavy atom. The molecule has 0 spiro atoms. The summed E-state index contributed by atoms with van der Waals surface area (Å²) in [5, 5.41) is 0. The summed E-state index contributed by atoms with van der Waals surface area (Å²) in [6.45, 7) is 9.70. The molecule has 4 nitrogen and oxygen atoms in total. The van der Waals surface area contributed by atoms with Gasteiger partial charge in [0.1, 0.15) is 0 Å². The Morgan fingerprint density at radius 2 is 2.00 bits per heavy atom. The van der Waals surface area contributed by atoms with Crippen LogP contribution in [0.1, 0.15) is 49.5 Å². The largest absolute Gasteiger partial charge is 0.299 e. The van der Waals surface area contributed by atoms with E-state index in [-0.39, 0.29) is 5.91 Å². The number of hydrogen-bond donors (Lipinski definition) is 2. The van der Waals surface area contributed by atoms with Crippen molar-refractivity contribution in [2.24, 2.45) is 11.8 Å². The molecule has 0 heterocycles. The van der Waals surface area contributed by atoms with Gasteiger partial charge in [-0.1, -0.05) is 55.6 Å². The lowest BCUT2D eigenvalue weighted by atomic mass is 10.0. The van der Waals surface area contributed by atoms with Gasteiger partial charge in [0.05, 0.1) is 0 Å². The van der Waals surface area contributed by atoms with Crippen LogP contribution in [0.3, 0.4) is 0 Å². The van der Waals surface area contributed by atoms with E-state index in [1.54, 1.807) is 0 Å². The summed E-state index contributed by atoms with van der Waals surface area (Å²) in [5.74, 6) is 5.63. The third kappa shape index (κ3) is 5.41. The average molecular weight is 356 g/mol. The van der Waals surface area contributed by atoms with Gasteiger partial charge in [0, 0.05) is 23.1 Å². The molecule has 0 fully saturated rings. The molecule has 0 aromatic heterocycles. The zero-order valence-electron chi connectivity index (χ0n) is 13.2. The number of carbonyl (C=O) groups excluding carboxylic acids is 1. The van der Waals surface area contributed by atoms with Gasteiger partial charge in [0.2, 0.25) is 0 Å². The van der Waals surface area contributed by atoms with Gasteiger partial charge in [0.25, 0.3) is 5.91 Å². The van der Waals surface area contributed by atoms with Crippen LogP contribution >= 0.6 is 15.9 Å². The molecule has 0 atom stereocenters. The van der Waals surface area contributed by atoms with E-state index in [2.05, 4.69) is 47.0 Å². The van der Waals surface area contributed by atoms with Crippen LogP contribution in [0, 0.1) is 5.92 Å². The molecule has 0 unspecified atom stereocenters. The maximum absolute atomic E-state index is 11.5. The molecule has 1 amide bonds. The molecule has 3 N–H and O–H groups in total. The van der Waals surface area contributed by atoms with Crippen molar-refractivity contribution in [3.63, 3.8) is 0 Å². The molecule has 1 aromatic carbocycles. The highest BCUT2D eigenvalue weighted by Gasteiger charge is 2.13. The number of nitrogens with two attached hydrogens (primary N) is 1. The Morgan fingerprint density at radius 1 is 1.33 bits per heavy atom. The smallest absolute Gasteiger partial charge is 0.265 e. The van der Waals surface area contributed by atoms with Crippen molar-refractivity contribution in [1.29, 1.82) is 0 Å². The summed E-state index contributed by atoms with van der Waals surface area (Å²) < 4.78 is 0.951. The molecule has 0 aliphatic rings. The van der Waals surface area contributed by atoms with Gasteiger partial charge in [-0.15, -0.1) is 0 Å². The third-order valence-electron chi connectivity index (χ3n) is 3.96. The molecular weight excluding hydrogens is 330 g/mol. The Hall–Kier alpha value is -0.910. The van der Waals surface area contributed by atoms with Crippen LogP contribution in [-0.4, -0.2) is 23.9 Å². The Balaban J connectivity index is 2.78. The third-order valence-corrected chi connectivity index (χ3v) is 4.70. The first-order valence-electron chi connectivity index (χ1n) is 7.57. The summed E-state index contributed by atoms with van der Waals surface area (Å²) in [5.41, 5.74) is 3.91. The number of nitrogens with zero attached hydrogens (tertiary/aromatic N) is 1. The fourth-order valence-corrected chi connectivity index (χ4v) is 2.86. The van der Waals surface area contributed by atoms with Crippen LogP contribution in [0.5, 0.6) is 0 Å². The lowest BCUT2D eigenvalue weighted by molar-refractivity contribution is 0.0953. The first-order valence-corrected chi connectivity index (χ1v) is 8.36. The number of hydrazine groups is 1. The lowest BCUT2D eigenvalue weighted by Gasteiger charge is -2.25. The van der Waals surface area contributed by atoms with Crippen molar-refractivity contribution < 1.29 is 4.79 Å². The predicted molar refractivity (Wildman–Crippen MR) is 90.8 cm³/mol. The number of amides is 1. The second-order valence-corrected chi connectivity index (χ2v) is 6.14. The van der Waals surface area contributed by atoms with Crippen molar-refractivity contribution in [2.45, 2.75) is 40.2 Å². The van der Waals surface area contributed by atoms with Gasteiger partial charge < -0.3 is 0 Å². The highest BCUT2D eigenvalue weighted by Crippen LogP contribution is 2.21. The van der Waals surface area contributed by atoms with Gasteiger partial charge in [0.15, 0.2) is 0 Å². The molecule has 0 saturated carbocycles. The van der Waals surface area contributed by atoms with Gasteiger partial charge in [-0.2, -0.15) is 0 Å². The van der Waals surface area contributed by atoms with Crippen LogP contribution in [0.25, 0.3) is 0 Å². The summed E-state index contributed by atoms with van der Waals surface area (Å²) in [7, 11) is 0. The van der Waals surface area contributed by atoms with Crippen LogP contribution < -0.4 is 11.3 Å². The first-order chi connectivity index (χ1) is 10.0. The SMILES string of the molecule is CCC(CC)CN(CC)Cc1ccc(C(=O)NN)cc1Br. The molecule has 0 saturated heterocycles. The Labute approximate surface area is 136 Å². The molecule has 21 heavy (non-hydrogen) atoms. The van der Waals surface area contributed by atoms with Crippen LogP contribution in [0.15, 0.2) is 22.7 Å². The van der Waals surface area contributed by atoms with Crippen LogP contribution in [0.2, 0.25) is 0 Å². The van der Waals surface area contributed by atoms with Gasteiger partial charge in [-0.25, -0.2) is 5.84 Å². The van der Waals surface area contributed by atoms with Crippen molar-refractivity contribution in [3.8, 4) is 0 Å². The molecule has 0 aliphatic heterocycles. The summed E-state index contributed by atoms with van der Waals surface area (Å²) in [4.78, 5) is 14.0. The maximum Gasteiger partial charge on any atom is 0.265 e. The number of halogens is 1. The van der Waals surface area contributed by atoms with Crippen molar-refractivity contribution in [3.05, 3.63) is 33.8 Å². The molecule has 5 heteroatoms. The number of hydrogen-bond acceptors (Lipinski definition) is 3. The lowest BCUT2D eigenvalue weighted by Crippen LogP contribution is -2.30. The van der Waals surface area contributed by atoms with Crippen molar-refractivity contribution in [2.75, 3.05) is 13.1 Å². The van der Waals surface area contributed by atoms with E-state index >= 15 is 0 Å². The van der Waals surface area contributed by atoms with E-state index in [4.69, 9.17) is 5.84 Å². The van der Waals surface area contributed by atoms with Gasteiger partial charge in [-0.3, -0.25) is 15.1 Å². The fourth-order valence-electron chi connectivity index (χ4n) is 2.36. The summed E-state index contributed by atoms with van der Waals surface area (Å²) in [6, 6.07) is 5.62. The van der Waals surface area contributed by atoms with E-state index in [0.717, 1.165) is 30.0 Å². The van der Waals surface area contributed by atoms with E-state index in [1.807, 2.05) is 18.2 Å². The van der Waals surface area contributed by atoms with Crippen LogP contribution in [-0.2, 0) is 6.54 Å².